The Kier molecular flexibility index (Phi) is 5.17. The lowest BCUT2D eigenvalue weighted by molar-refractivity contribution is -0.136. The topological polar surface area (TPSA) is 51.5 Å². The Morgan fingerprint density at radius 1 is 0.853 bits per heavy atom. The summed E-state index contributed by atoms with van der Waals surface area (Å²) >= 11 is 0. The van der Waals surface area contributed by atoms with Crippen LogP contribution in [0.15, 0.2) is 89.7 Å². The smallest absolute Gasteiger partial charge is 0.260 e. The third kappa shape index (κ3) is 3.77. The number of ether oxygens (including phenoxy) is 1. The number of fused-ring (bicyclic) bond motifs is 5. The van der Waals surface area contributed by atoms with E-state index in [1.54, 1.807) is 6.07 Å². The molecule has 0 N–H and O–H groups in total. The van der Waals surface area contributed by atoms with Gasteiger partial charge >= 0.3 is 0 Å². The van der Waals surface area contributed by atoms with Crippen LogP contribution in [0.1, 0.15) is 18.0 Å². The van der Waals surface area contributed by atoms with Crippen LogP contribution < -0.4 is 10.3 Å². The summed E-state index contributed by atoms with van der Waals surface area (Å²) in [6, 6.07) is 27.9. The number of piperidine rings is 1. The van der Waals surface area contributed by atoms with Gasteiger partial charge in [-0.15, -0.1) is 0 Å². The predicted octanol–water partition coefficient (Wildman–Crippen LogP) is 4.69. The van der Waals surface area contributed by atoms with Crippen LogP contribution in [0.5, 0.6) is 5.75 Å². The van der Waals surface area contributed by atoms with Gasteiger partial charge in [0.15, 0.2) is 6.61 Å². The van der Waals surface area contributed by atoms with Gasteiger partial charge in [-0.3, -0.25) is 9.59 Å². The zero-order valence-electron chi connectivity index (χ0n) is 18.9. The zero-order valence-corrected chi connectivity index (χ0v) is 18.9. The molecule has 5 nitrogen and oxygen atoms in total. The second-order valence-corrected chi connectivity index (χ2v) is 9.34. The lowest BCUT2D eigenvalue weighted by Gasteiger charge is -2.43. The summed E-state index contributed by atoms with van der Waals surface area (Å²) in [6.45, 7) is 1.95. The molecule has 2 bridgehead atoms. The highest BCUT2D eigenvalue weighted by Crippen LogP contribution is 2.40. The first-order valence-corrected chi connectivity index (χ1v) is 11.8. The van der Waals surface area contributed by atoms with Gasteiger partial charge in [0.25, 0.3) is 11.5 Å². The number of hydrogen-bond donors (Lipinski definition) is 0. The van der Waals surface area contributed by atoms with E-state index in [-0.39, 0.29) is 29.9 Å². The number of carbonyl (C=O) groups excluding carboxylic acids is 1. The zero-order chi connectivity index (χ0) is 23.1. The highest BCUT2D eigenvalue weighted by molar-refractivity contribution is 5.87. The van der Waals surface area contributed by atoms with Crippen LogP contribution >= 0.6 is 0 Å². The minimum Gasteiger partial charge on any atom is -0.484 e. The number of rotatable bonds is 4. The van der Waals surface area contributed by atoms with Gasteiger partial charge in [-0.1, -0.05) is 54.6 Å². The Hall–Kier alpha value is -3.86. The molecular formula is C29H26N2O3. The maximum Gasteiger partial charge on any atom is 0.260 e. The Morgan fingerprint density at radius 2 is 1.65 bits per heavy atom. The van der Waals surface area contributed by atoms with Gasteiger partial charge in [-0.2, -0.15) is 0 Å². The first-order chi connectivity index (χ1) is 16.7. The fraction of sp³-hybridized carbons (Fsp3) is 0.241. The third-order valence-corrected chi connectivity index (χ3v) is 7.11. The molecule has 5 heteroatoms. The quantitative estimate of drug-likeness (QED) is 0.453. The van der Waals surface area contributed by atoms with Crippen LogP contribution in [0, 0.1) is 5.92 Å². The van der Waals surface area contributed by atoms with E-state index in [1.165, 1.54) is 10.8 Å². The summed E-state index contributed by atoms with van der Waals surface area (Å²) in [7, 11) is 0. The second-order valence-electron chi connectivity index (χ2n) is 9.34. The minimum absolute atomic E-state index is 0.00228. The molecule has 0 aliphatic carbocycles. The molecule has 6 rings (SSSR count). The molecule has 2 aliphatic rings. The second kappa shape index (κ2) is 8.49. The van der Waals surface area contributed by atoms with Crippen molar-refractivity contribution in [2.24, 2.45) is 5.92 Å². The molecule has 2 unspecified atom stereocenters. The van der Waals surface area contributed by atoms with Crippen LogP contribution in [0.3, 0.4) is 0 Å². The molecule has 0 radical (unpaired) electrons. The Morgan fingerprint density at radius 3 is 2.50 bits per heavy atom. The normalized spacial score (nSPS) is 19.0. The molecule has 0 spiro atoms. The van der Waals surface area contributed by atoms with Crippen molar-refractivity contribution in [2.75, 3.05) is 19.7 Å². The van der Waals surface area contributed by atoms with Crippen molar-refractivity contribution in [2.45, 2.75) is 18.9 Å². The number of benzene rings is 3. The number of likely N-dealkylation sites (tertiary alicyclic amines) is 1. The van der Waals surface area contributed by atoms with E-state index in [2.05, 4.69) is 30.3 Å². The van der Waals surface area contributed by atoms with Gasteiger partial charge in [0.05, 0.1) is 0 Å². The van der Waals surface area contributed by atoms with Gasteiger partial charge in [0.1, 0.15) is 5.75 Å². The van der Waals surface area contributed by atoms with E-state index in [9.17, 15) is 9.59 Å². The maximum atomic E-state index is 13.0. The molecular weight excluding hydrogens is 424 g/mol. The van der Waals surface area contributed by atoms with Crippen LogP contribution in [0.25, 0.3) is 21.9 Å². The highest BCUT2D eigenvalue weighted by atomic mass is 16.5. The molecule has 1 aromatic heterocycles. The van der Waals surface area contributed by atoms with E-state index in [0.29, 0.717) is 25.4 Å². The van der Waals surface area contributed by atoms with Crippen LogP contribution in [0.2, 0.25) is 0 Å². The highest BCUT2D eigenvalue weighted by Gasteiger charge is 2.37. The third-order valence-electron chi connectivity index (χ3n) is 7.11. The van der Waals surface area contributed by atoms with Crippen LogP contribution in [-0.4, -0.2) is 35.1 Å². The van der Waals surface area contributed by atoms with Crippen molar-refractivity contribution >= 4 is 16.7 Å². The van der Waals surface area contributed by atoms with Gasteiger partial charge in [0.2, 0.25) is 0 Å². The number of para-hydroxylation sites is 1. The fourth-order valence-corrected chi connectivity index (χ4v) is 5.57. The van der Waals surface area contributed by atoms with E-state index in [0.717, 1.165) is 23.2 Å². The van der Waals surface area contributed by atoms with Crippen molar-refractivity contribution in [1.29, 1.82) is 0 Å². The van der Waals surface area contributed by atoms with E-state index in [1.807, 2.05) is 58.0 Å². The Labute approximate surface area is 198 Å². The number of hydrogen-bond acceptors (Lipinski definition) is 3. The monoisotopic (exact) mass is 450 g/mol. The molecule has 3 aromatic carbocycles. The minimum atomic E-state index is -0.00228. The van der Waals surface area contributed by atoms with Gasteiger partial charge < -0.3 is 14.2 Å². The molecule has 170 valence electrons. The lowest BCUT2D eigenvalue weighted by atomic mass is 9.80. The number of carbonyl (C=O) groups is 1. The predicted molar refractivity (Wildman–Crippen MR) is 133 cm³/mol. The summed E-state index contributed by atoms with van der Waals surface area (Å²) in [4.78, 5) is 27.8. The largest absolute Gasteiger partial charge is 0.484 e. The van der Waals surface area contributed by atoms with Crippen molar-refractivity contribution in [3.05, 3.63) is 101 Å². The van der Waals surface area contributed by atoms with Crippen molar-refractivity contribution in [1.82, 2.24) is 9.47 Å². The molecule has 1 amide bonds. The lowest BCUT2D eigenvalue weighted by Crippen LogP contribution is -2.50. The number of pyridine rings is 1. The fourth-order valence-electron chi connectivity index (χ4n) is 5.57. The number of nitrogens with zero attached hydrogens (tertiary/aromatic N) is 2. The molecule has 1 fully saturated rings. The van der Waals surface area contributed by atoms with E-state index < -0.39 is 0 Å². The average molecular weight is 451 g/mol. The standard InChI is InChI=1S/C29H26N2O3/c32-27-13-12-26(23-11-10-21-6-4-5-7-22(21)15-23)29-24-14-20(17-31(27)29)16-30(18-24)28(33)19-34-25-8-2-1-3-9-25/h1-13,15,20,24H,14,16-19H2. The van der Waals surface area contributed by atoms with Gasteiger partial charge in [0, 0.05) is 42.9 Å². The van der Waals surface area contributed by atoms with Crippen molar-refractivity contribution in [3.8, 4) is 16.9 Å². The average Bonchev–Trinajstić information content (AvgIpc) is 2.88. The number of amides is 1. The van der Waals surface area contributed by atoms with Crippen LogP contribution in [0.4, 0.5) is 0 Å². The summed E-state index contributed by atoms with van der Waals surface area (Å²) < 4.78 is 7.67. The summed E-state index contributed by atoms with van der Waals surface area (Å²) in [5, 5.41) is 2.37. The molecule has 4 aromatic rings. The summed E-state index contributed by atoms with van der Waals surface area (Å²) in [5.41, 5.74) is 3.29. The molecule has 0 saturated carbocycles. The van der Waals surface area contributed by atoms with Crippen molar-refractivity contribution in [3.63, 3.8) is 0 Å². The van der Waals surface area contributed by atoms with E-state index in [4.69, 9.17) is 4.74 Å². The molecule has 34 heavy (non-hydrogen) atoms. The molecule has 2 atom stereocenters. The summed E-state index contributed by atoms with van der Waals surface area (Å²) in [5.74, 6) is 1.10. The van der Waals surface area contributed by atoms with Gasteiger partial charge in [-0.05, 0) is 52.9 Å². The van der Waals surface area contributed by atoms with Crippen molar-refractivity contribution < 1.29 is 9.53 Å². The Balaban J connectivity index is 1.31. The van der Waals surface area contributed by atoms with Crippen LogP contribution in [-0.2, 0) is 11.3 Å². The Bertz CT molecular complexity index is 1430. The molecule has 3 heterocycles. The first kappa shape index (κ1) is 20.7. The molecule has 2 aliphatic heterocycles. The molecule has 1 saturated heterocycles. The number of aromatic nitrogens is 1. The maximum absolute atomic E-state index is 13.0. The van der Waals surface area contributed by atoms with Gasteiger partial charge in [-0.25, -0.2) is 0 Å². The summed E-state index contributed by atoms with van der Waals surface area (Å²) in [6.07, 6.45) is 0.993. The SMILES string of the molecule is O=C(COc1ccccc1)N1CC2CC(C1)c1c(-c3ccc4ccccc4c3)ccc(=O)n1C2. The first-order valence-electron chi connectivity index (χ1n) is 11.8. The van der Waals surface area contributed by atoms with E-state index >= 15 is 0 Å².